The molecule has 39 heavy (non-hydrogen) atoms. The van der Waals surface area contributed by atoms with Crippen molar-refractivity contribution in [1.82, 2.24) is 0 Å². The van der Waals surface area contributed by atoms with Gasteiger partial charge in [-0.25, -0.2) is 9.59 Å². The molecule has 0 aliphatic heterocycles. The molecule has 0 spiro atoms. The van der Waals surface area contributed by atoms with Gasteiger partial charge in [0.15, 0.2) is 11.5 Å². The van der Waals surface area contributed by atoms with Gasteiger partial charge in [-0.3, -0.25) is 0 Å². The summed E-state index contributed by atoms with van der Waals surface area (Å²) < 4.78 is 11.9. The van der Waals surface area contributed by atoms with Gasteiger partial charge in [-0.2, -0.15) is 4.79 Å². The summed E-state index contributed by atoms with van der Waals surface area (Å²) in [7, 11) is -0.533. The maximum Gasteiger partial charge on any atom is 0.415 e. The van der Waals surface area contributed by atoms with Crippen LogP contribution in [0.3, 0.4) is 0 Å². The van der Waals surface area contributed by atoms with Crippen molar-refractivity contribution < 1.29 is 19.1 Å². The average molecular weight is 543 g/mol. The van der Waals surface area contributed by atoms with Gasteiger partial charge in [-0.1, -0.05) is 52.0 Å². The highest BCUT2D eigenvalue weighted by molar-refractivity contribution is 7.45. The summed E-state index contributed by atoms with van der Waals surface area (Å²) in [6.45, 7) is 8.08. The number of hydrogen-bond acceptors (Lipinski definition) is 5. The Morgan fingerprint density at radius 1 is 1.00 bits per heavy atom. The summed E-state index contributed by atoms with van der Waals surface area (Å²) in [5.74, 6) is -1.25. The summed E-state index contributed by atoms with van der Waals surface area (Å²) in [6, 6.07) is 16.2. The molecule has 2 aromatic carbocycles. The molecule has 0 amide bonds. The van der Waals surface area contributed by atoms with E-state index in [1.165, 1.54) is 5.56 Å². The number of ether oxygens (including phenoxy) is 2. The summed E-state index contributed by atoms with van der Waals surface area (Å²) in [6.07, 6.45) is 11.0. The SMILES string of the molecule is CCC1(OC(=O)COC(=O)C2=[C+]c3c([s+](-c4ccc(C(C)(C)C)cc4)c4ccccc4c3=O)C=C2)CCCC1. The van der Waals surface area contributed by atoms with E-state index in [1.54, 1.807) is 6.08 Å². The van der Waals surface area contributed by atoms with Crippen molar-refractivity contribution in [2.24, 2.45) is 0 Å². The van der Waals surface area contributed by atoms with E-state index in [2.05, 4.69) is 51.1 Å². The lowest BCUT2D eigenvalue weighted by Gasteiger charge is -2.27. The van der Waals surface area contributed by atoms with Crippen molar-refractivity contribution in [3.05, 3.63) is 92.5 Å². The number of carbonyl (C=O) groups excluding carboxylic acids is 2. The highest BCUT2D eigenvalue weighted by Crippen LogP contribution is 2.44. The van der Waals surface area contributed by atoms with Crippen LogP contribution in [-0.4, -0.2) is 24.1 Å². The van der Waals surface area contributed by atoms with E-state index in [9.17, 15) is 14.4 Å². The van der Waals surface area contributed by atoms with Crippen LogP contribution in [0.25, 0.3) is 21.1 Å². The Hall–Kier alpha value is -3.60. The van der Waals surface area contributed by atoms with Gasteiger partial charge in [0.05, 0.1) is 16.5 Å². The molecule has 3 aromatic rings. The minimum absolute atomic E-state index is 0.0314. The number of fused-ring (bicyclic) bond motifs is 2. The molecule has 5 nitrogen and oxygen atoms in total. The first kappa shape index (κ1) is 27.0. The third-order valence-electron chi connectivity index (χ3n) is 7.69. The Kier molecular flexibility index (Phi) is 7.28. The minimum Gasteiger partial charge on any atom is -0.457 e. The smallest absolute Gasteiger partial charge is 0.415 e. The predicted octanol–water partition coefficient (Wildman–Crippen LogP) is 7.15. The van der Waals surface area contributed by atoms with Gasteiger partial charge in [-0.05, 0) is 61.3 Å². The summed E-state index contributed by atoms with van der Waals surface area (Å²) >= 11 is 0. The lowest BCUT2D eigenvalue weighted by atomic mass is 9.87. The van der Waals surface area contributed by atoms with Crippen molar-refractivity contribution in [2.45, 2.75) is 70.8 Å². The second kappa shape index (κ2) is 10.5. The van der Waals surface area contributed by atoms with Crippen LogP contribution < -0.4 is 5.43 Å². The second-order valence-electron chi connectivity index (χ2n) is 11.3. The molecule has 1 atom stereocenters. The molecule has 1 heterocycles. The molecule has 1 saturated carbocycles. The molecule has 5 rings (SSSR count). The molecule has 2 aliphatic rings. The molecular weight excluding hydrogens is 508 g/mol. The molecule has 0 N–H and O–H groups in total. The molecule has 0 radical (unpaired) electrons. The van der Waals surface area contributed by atoms with Crippen LogP contribution in [0.2, 0.25) is 0 Å². The van der Waals surface area contributed by atoms with Crippen LogP contribution in [0.1, 0.15) is 75.8 Å². The molecule has 0 bridgehead atoms. The van der Waals surface area contributed by atoms with Gasteiger partial charge < -0.3 is 9.47 Å². The quantitative estimate of drug-likeness (QED) is 0.188. The third-order valence-corrected chi connectivity index (χ3v) is 10.0. The van der Waals surface area contributed by atoms with Crippen LogP contribution in [0.5, 0.6) is 0 Å². The first-order chi connectivity index (χ1) is 18.6. The number of rotatable bonds is 6. The van der Waals surface area contributed by atoms with Crippen LogP contribution in [0.4, 0.5) is 0 Å². The van der Waals surface area contributed by atoms with Crippen LogP contribution in [0, 0.1) is 6.08 Å². The number of esters is 2. The van der Waals surface area contributed by atoms with Crippen molar-refractivity contribution >= 4 is 38.6 Å². The Labute approximate surface area is 232 Å². The van der Waals surface area contributed by atoms with Gasteiger partial charge in [0, 0.05) is 18.2 Å². The molecule has 2 aliphatic carbocycles. The van der Waals surface area contributed by atoms with Gasteiger partial charge in [0.25, 0.3) is 10.3 Å². The lowest BCUT2D eigenvalue weighted by molar-refractivity contribution is -0.168. The zero-order valence-electron chi connectivity index (χ0n) is 23.0. The van der Waals surface area contributed by atoms with E-state index in [-0.39, 0.29) is 16.4 Å². The van der Waals surface area contributed by atoms with Crippen LogP contribution in [-0.2, 0) is 24.5 Å². The lowest BCUT2D eigenvalue weighted by Crippen LogP contribution is -2.33. The topological polar surface area (TPSA) is 69.7 Å². The molecule has 1 unspecified atom stereocenters. The van der Waals surface area contributed by atoms with Crippen molar-refractivity contribution in [3.8, 4) is 4.90 Å². The highest BCUT2D eigenvalue weighted by Gasteiger charge is 2.38. The van der Waals surface area contributed by atoms with E-state index in [4.69, 9.17) is 9.47 Å². The van der Waals surface area contributed by atoms with Gasteiger partial charge in [0.1, 0.15) is 11.0 Å². The van der Waals surface area contributed by atoms with Crippen molar-refractivity contribution in [2.75, 3.05) is 6.61 Å². The van der Waals surface area contributed by atoms with Crippen LogP contribution in [0.15, 0.2) is 65.0 Å². The Morgan fingerprint density at radius 3 is 2.36 bits per heavy atom. The van der Waals surface area contributed by atoms with Gasteiger partial charge >= 0.3 is 11.9 Å². The van der Waals surface area contributed by atoms with E-state index in [0.717, 1.165) is 46.6 Å². The first-order valence-electron chi connectivity index (χ1n) is 13.6. The number of carbonyl (C=O) groups is 2. The zero-order chi connectivity index (χ0) is 27.8. The molecule has 200 valence electrons. The van der Waals surface area contributed by atoms with E-state index >= 15 is 0 Å². The standard InChI is InChI=1S/C33H34O5S/c1-5-33(18-8-9-19-33)38-29(34)21-37-31(36)22-12-17-28-26(20-22)30(35)25-10-6-7-11-27(25)39(28)24-15-13-23(14-16-24)32(2,3)4/h6-7,10-17H,5,8-9,18-19,21H2,1-4H3/q+2. The molecule has 1 aromatic heterocycles. The first-order valence-corrected chi connectivity index (χ1v) is 14.8. The number of hydrogen-bond donors (Lipinski definition) is 0. The van der Waals surface area contributed by atoms with E-state index in [0.29, 0.717) is 10.9 Å². The van der Waals surface area contributed by atoms with E-state index < -0.39 is 34.6 Å². The maximum atomic E-state index is 13.5. The summed E-state index contributed by atoms with van der Waals surface area (Å²) in [5.41, 5.74) is 1.14. The molecule has 0 saturated heterocycles. The Bertz CT molecular complexity index is 1540. The predicted molar refractivity (Wildman–Crippen MR) is 156 cm³/mol. The van der Waals surface area contributed by atoms with Gasteiger partial charge in [-0.15, -0.1) is 0 Å². The van der Waals surface area contributed by atoms with Crippen LogP contribution >= 0.6 is 10.5 Å². The maximum absolute atomic E-state index is 13.5. The fourth-order valence-corrected chi connectivity index (χ4v) is 7.69. The average Bonchev–Trinajstić information content (AvgIpc) is 3.40. The Balaban J connectivity index is 1.45. The highest BCUT2D eigenvalue weighted by atomic mass is 32.2. The zero-order valence-corrected chi connectivity index (χ0v) is 23.8. The fourth-order valence-electron chi connectivity index (χ4n) is 5.39. The Morgan fingerprint density at radius 2 is 1.69 bits per heavy atom. The summed E-state index contributed by atoms with van der Waals surface area (Å²) in [5, 5.41) is 0.611. The fraction of sp³-hybridized carbons (Fsp3) is 0.364. The largest absolute Gasteiger partial charge is 0.457 e. The second-order valence-corrected chi connectivity index (χ2v) is 13.3. The van der Waals surface area contributed by atoms with Gasteiger partial charge in [0.2, 0.25) is 15.8 Å². The minimum atomic E-state index is -0.701. The van der Waals surface area contributed by atoms with Crippen molar-refractivity contribution in [3.63, 3.8) is 0 Å². The third kappa shape index (κ3) is 5.32. The molecule has 1 fully saturated rings. The van der Waals surface area contributed by atoms with Crippen molar-refractivity contribution in [1.29, 1.82) is 0 Å². The molecule has 6 heteroatoms. The normalized spacial score (nSPS) is 16.3. The number of benzene rings is 2. The summed E-state index contributed by atoms with van der Waals surface area (Å²) in [4.78, 5) is 40.8. The van der Waals surface area contributed by atoms with E-state index in [1.807, 2.05) is 37.3 Å². The monoisotopic (exact) mass is 542 g/mol. The molecular formula is C33H34O5S+2.